The van der Waals surface area contributed by atoms with Gasteiger partial charge >= 0.3 is 0 Å². The van der Waals surface area contributed by atoms with Crippen molar-refractivity contribution in [3.63, 3.8) is 0 Å². The van der Waals surface area contributed by atoms with Gasteiger partial charge in [0.25, 0.3) is 5.91 Å². The van der Waals surface area contributed by atoms with E-state index in [0.717, 1.165) is 24.9 Å². The summed E-state index contributed by atoms with van der Waals surface area (Å²) < 4.78 is 5.47. The predicted molar refractivity (Wildman–Crippen MR) is 76.7 cm³/mol. The highest BCUT2D eigenvalue weighted by molar-refractivity contribution is 6.31. The zero-order valence-electron chi connectivity index (χ0n) is 10.8. The van der Waals surface area contributed by atoms with E-state index in [1.54, 1.807) is 24.3 Å². The van der Waals surface area contributed by atoms with Crippen LogP contribution in [0.25, 0.3) is 11.0 Å². The van der Waals surface area contributed by atoms with Gasteiger partial charge in [-0.1, -0.05) is 18.5 Å². The van der Waals surface area contributed by atoms with Crippen LogP contribution in [0, 0.1) is 0 Å². The summed E-state index contributed by atoms with van der Waals surface area (Å²) in [6.45, 7) is 4.40. The molecule has 2 N–H and O–H groups in total. The van der Waals surface area contributed by atoms with Crippen LogP contribution in [-0.2, 0) is 0 Å². The van der Waals surface area contributed by atoms with E-state index in [4.69, 9.17) is 16.0 Å². The van der Waals surface area contributed by atoms with Crippen LogP contribution in [0.5, 0.6) is 0 Å². The molecule has 0 unspecified atom stereocenters. The maximum absolute atomic E-state index is 11.9. The van der Waals surface area contributed by atoms with E-state index in [9.17, 15) is 4.79 Å². The number of carbonyl (C=O) groups excluding carboxylic acids is 1. The molecule has 0 saturated carbocycles. The summed E-state index contributed by atoms with van der Waals surface area (Å²) >= 11 is 5.89. The normalized spacial score (nSPS) is 10.8. The Labute approximate surface area is 117 Å². The number of hydrogen-bond donors (Lipinski definition) is 2. The highest BCUT2D eigenvalue weighted by atomic mass is 35.5. The second-order valence-electron chi connectivity index (χ2n) is 4.30. The number of hydrogen-bond acceptors (Lipinski definition) is 3. The van der Waals surface area contributed by atoms with Crippen LogP contribution in [0.15, 0.2) is 28.7 Å². The van der Waals surface area contributed by atoms with Crippen molar-refractivity contribution in [3.8, 4) is 0 Å². The topological polar surface area (TPSA) is 54.3 Å². The van der Waals surface area contributed by atoms with E-state index in [-0.39, 0.29) is 5.91 Å². The first-order chi connectivity index (χ1) is 9.20. The summed E-state index contributed by atoms with van der Waals surface area (Å²) in [5, 5.41) is 7.48. The molecule has 4 nitrogen and oxygen atoms in total. The summed E-state index contributed by atoms with van der Waals surface area (Å²) in [5.74, 6) is 0.110. The van der Waals surface area contributed by atoms with Crippen molar-refractivity contribution in [3.05, 3.63) is 35.0 Å². The van der Waals surface area contributed by atoms with Crippen LogP contribution in [0.2, 0.25) is 5.02 Å². The Morgan fingerprint density at radius 3 is 2.89 bits per heavy atom. The second-order valence-corrected chi connectivity index (χ2v) is 4.74. The zero-order valence-corrected chi connectivity index (χ0v) is 11.6. The zero-order chi connectivity index (χ0) is 13.7. The molecular weight excluding hydrogens is 264 g/mol. The molecule has 0 fully saturated rings. The number of carbonyl (C=O) groups is 1. The van der Waals surface area contributed by atoms with Gasteiger partial charge in [0.2, 0.25) is 0 Å². The van der Waals surface area contributed by atoms with Crippen LogP contribution in [0.3, 0.4) is 0 Å². The monoisotopic (exact) mass is 280 g/mol. The predicted octanol–water partition coefficient (Wildman–Crippen LogP) is 2.82. The van der Waals surface area contributed by atoms with Crippen molar-refractivity contribution in [2.45, 2.75) is 13.3 Å². The highest BCUT2D eigenvalue weighted by Gasteiger charge is 2.11. The van der Waals surface area contributed by atoms with Gasteiger partial charge in [-0.3, -0.25) is 4.79 Å². The molecule has 1 aromatic carbocycles. The third kappa shape index (κ3) is 3.72. The Balaban J connectivity index is 1.94. The fraction of sp³-hybridized carbons (Fsp3) is 0.357. The third-order valence-electron chi connectivity index (χ3n) is 2.72. The Morgan fingerprint density at radius 2 is 2.11 bits per heavy atom. The summed E-state index contributed by atoms with van der Waals surface area (Å²) in [5.41, 5.74) is 0.665. The number of rotatable bonds is 6. The molecule has 0 spiro atoms. The van der Waals surface area contributed by atoms with E-state index in [2.05, 4.69) is 17.6 Å². The largest absolute Gasteiger partial charge is 0.451 e. The Morgan fingerprint density at radius 1 is 1.26 bits per heavy atom. The summed E-state index contributed by atoms with van der Waals surface area (Å²) in [4.78, 5) is 11.9. The maximum atomic E-state index is 11.9. The first kappa shape index (κ1) is 13.9. The molecule has 1 amide bonds. The molecular formula is C14H17ClN2O2. The Hall–Kier alpha value is -1.52. The first-order valence-electron chi connectivity index (χ1n) is 6.38. The van der Waals surface area contributed by atoms with Crippen molar-refractivity contribution in [2.75, 3.05) is 19.6 Å². The Kier molecular flexibility index (Phi) is 4.82. The van der Waals surface area contributed by atoms with Gasteiger partial charge in [-0.25, -0.2) is 0 Å². The lowest BCUT2D eigenvalue weighted by atomic mass is 10.2. The van der Waals surface area contributed by atoms with E-state index in [1.165, 1.54) is 0 Å². The van der Waals surface area contributed by atoms with E-state index >= 15 is 0 Å². The second kappa shape index (κ2) is 6.59. The molecule has 2 aromatic rings. The van der Waals surface area contributed by atoms with Gasteiger partial charge < -0.3 is 15.1 Å². The van der Waals surface area contributed by atoms with Crippen molar-refractivity contribution >= 4 is 28.5 Å². The van der Waals surface area contributed by atoms with Gasteiger partial charge in [-0.05, 0) is 37.2 Å². The van der Waals surface area contributed by atoms with Crippen LogP contribution in [-0.4, -0.2) is 25.5 Å². The van der Waals surface area contributed by atoms with Gasteiger partial charge in [0, 0.05) is 23.5 Å². The SMILES string of the molecule is CCCNCCNC(=O)c1cc2cc(Cl)ccc2o1. The molecule has 2 rings (SSSR count). The molecule has 5 heteroatoms. The van der Waals surface area contributed by atoms with E-state index < -0.39 is 0 Å². The van der Waals surface area contributed by atoms with Gasteiger partial charge in [0.05, 0.1) is 0 Å². The molecule has 0 aliphatic heterocycles. The molecule has 0 atom stereocenters. The molecule has 0 aliphatic rings. The van der Waals surface area contributed by atoms with Gasteiger partial charge in [-0.15, -0.1) is 0 Å². The van der Waals surface area contributed by atoms with E-state index in [0.29, 0.717) is 22.9 Å². The van der Waals surface area contributed by atoms with Gasteiger partial charge in [0.15, 0.2) is 5.76 Å². The van der Waals surface area contributed by atoms with Crippen LogP contribution >= 0.6 is 11.6 Å². The van der Waals surface area contributed by atoms with Crippen molar-refractivity contribution in [1.29, 1.82) is 0 Å². The molecule has 0 aliphatic carbocycles. The van der Waals surface area contributed by atoms with Crippen LogP contribution in [0.4, 0.5) is 0 Å². The minimum Gasteiger partial charge on any atom is -0.451 e. The van der Waals surface area contributed by atoms with Crippen LogP contribution in [0.1, 0.15) is 23.9 Å². The van der Waals surface area contributed by atoms with Crippen molar-refractivity contribution in [2.24, 2.45) is 0 Å². The van der Waals surface area contributed by atoms with Gasteiger partial charge in [-0.2, -0.15) is 0 Å². The molecule has 0 saturated heterocycles. The quantitative estimate of drug-likeness (QED) is 0.800. The number of furan rings is 1. The van der Waals surface area contributed by atoms with Crippen molar-refractivity contribution in [1.82, 2.24) is 10.6 Å². The molecule has 0 bridgehead atoms. The number of fused-ring (bicyclic) bond motifs is 1. The number of nitrogens with one attached hydrogen (secondary N) is 2. The Bertz CT molecular complexity index is 566. The smallest absolute Gasteiger partial charge is 0.287 e. The minimum absolute atomic E-state index is 0.203. The van der Waals surface area contributed by atoms with Crippen molar-refractivity contribution < 1.29 is 9.21 Å². The maximum Gasteiger partial charge on any atom is 0.287 e. The lowest BCUT2D eigenvalue weighted by Crippen LogP contribution is -2.31. The third-order valence-corrected chi connectivity index (χ3v) is 2.95. The molecule has 0 radical (unpaired) electrons. The highest BCUT2D eigenvalue weighted by Crippen LogP contribution is 2.22. The number of amides is 1. The summed E-state index contributed by atoms with van der Waals surface area (Å²) in [6, 6.07) is 6.98. The van der Waals surface area contributed by atoms with E-state index in [1.807, 2.05) is 0 Å². The average Bonchev–Trinajstić information content (AvgIpc) is 2.81. The lowest BCUT2D eigenvalue weighted by Gasteiger charge is -2.03. The molecule has 1 heterocycles. The number of halogens is 1. The fourth-order valence-electron chi connectivity index (χ4n) is 1.78. The number of benzene rings is 1. The first-order valence-corrected chi connectivity index (χ1v) is 6.76. The molecule has 102 valence electrons. The van der Waals surface area contributed by atoms with Gasteiger partial charge in [0.1, 0.15) is 5.58 Å². The lowest BCUT2D eigenvalue weighted by molar-refractivity contribution is 0.0928. The summed E-state index contributed by atoms with van der Waals surface area (Å²) in [6.07, 6.45) is 1.08. The minimum atomic E-state index is -0.203. The fourth-order valence-corrected chi connectivity index (χ4v) is 1.96. The molecule has 1 aromatic heterocycles. The summed E-state index contributed by atoms with van der Waals surface area (Å²) in [7, 11) is 0. The molecule has 19 heavy (non-hydrogen) atoms. The average molecular weight is 281 g/mol. The standard InChI is InChI=1S/C14H17ClN2O2/c1-2-5-16-6-7-17-14(18)13-9-10-8-11(15)3-4-12(10)19-13/h3-4,8-9,16H,2,5-7H2,1H3,(H,17,18). The van der Waals surface area contributed by atoms with Crippen LogP contribution < -0.4 is 10.6 Å².